The highest BCUT2D eigenvalue weighted by Gasteiger charge is 2.15. The summed E-state index contributed by atoms with van der Waals surface area (Å²) in [5, 5.41) is 22.2. The zero-order valence-electron chi connectivity index (χ0n) is 11.4. The molecule has 1 atom stereocenters. The average molecular weight is 264 g/mol. The number of benzene rings is 1. The molecule has 0 saturated carbocycles. The van der Waals surface area contributed by atoms with E-state index in [1.807, 2.05) is 24.3 Å². The maximum absolute atomic E-state index is 9.93. The van der Waals surface area contributed by atoms with E-state index in [9.17, 15) is 5.11 Å². The highest BCUT2D eigenvalue weighted by Crippen LogP contribution is 2.07. The normalized spacial score (nSPS) is 17.8. The summed E-state index contributed by atoms with van der Waals surface area (Å²) < 4.78 is 0. The molecule has 1 aliphatic rings. The number of β-amino-alcohol motifs (C(OH)–C–C–N with tert-alkyl or cyclic N) is 1. The lowest BCUT2D eigenvalue weighted by Crippen LogP contribution is -2.36. The number of aliphatic hydroxyl groups is 2. The van der Waals surface area contributed by atoms with E-state index in [1.54, 1.807) is 0 Å². The number of aliphatic hydroxyl groups excluding tert-OH is 2. The van der Waals surface area contributed by atoms with Gasteiger partial charge in [-0.2, -0.15) is 0 Å². The first-order valence-corrected chi connectivity index (χ1v) is 7.08. The first kappa shape index (κ1) is 14.5. The summed E-state index contributed by atoms with van der Waals surface area (Å²) in [5.74, 6) is 0. The molecule has 0 bridgehead atoms. The molecule has 1 saturated heterocycles. The second kappa shape index (κ2) is 7.60. The predicted octanol–water partition coefficient (Wildman–Crippen LogP) is 0.725. The van der Waals surface area contributed by atoms with Crippen LogP contribution in [-0.4, -0.2) is 47.4 Å². The van der Waals surface area contributed by atoms with Crippen LogP contribution in [0.1, 0.15) is 24.0 Å². The lowest BCUT2D eigenvalue weighted by Gasteiger charge is -2.19. The molecular weight excluding hydrogens is 240 g/mol. The molecular formula is C15H24N2O2. The van der Waals surface area contributed by atoms with Gasteiger partial charge in [0, 0.05) is 19.6 Å². The van der Waals surface area contributed by atoms with Crippen LogP contribution in [0.15, 0.2) is 24.3 Å². The molecule has 3 N–H and O–H groups in total. The van der Waals surface area contributed by atoms with Crippen LogP contribution in [0.4, 0.5) is 0 Å². The molecule has 1 heterocycles. The number of nitrogens with one attached hydrogen (secondary N) is 1. The van der Waals surface area contributed by atoms with Gasteiger partial charge in [0.25, 0.3) is 0 Å². The Hall–Kier alpha value is -0.940. The summed E-state index contributed by atoms with van der Waals surface area (Å²) in [7, 11) is 0. The van der Waals surface area contributed by atoms with Crippen molar-refractivity contribution in [1.29, 1.82) is 0 Å². The molecule has 0 amide bonds. The van der Waals surface area contributed by atoms with E-state index in [-0.39, 0.29) is 12.7 Å². The van der Waals surface area contributed by atoms with Crippen molar-refractivity contribution < 1.29 is 10.2 Å². The molecule has 1 aliphatic heterocycles. The fourth-order valence-electron chi connectivity index (χ4n) is 2.47. The number of likely N-dealkylation sites (tertiary alicyclic amines) is 1. The highest BCUT2D eigenvalue weighted by atomic mass is 16.3. The standard InChI is InChI=1S/C15H24N2O2/c18-12-14-5-3-13(4-6-14)9-16-10-15(19)11-17-7-1-2-8-17/h3-6,15-16,18-19H,1-2,7-12H2. The maximum atomic E-state index is 9.93. The summed E-state index contributed by atoms with van der Waals surface area (Å²) >= 11 is 0. The van der Waals surface area contributed by atoms with Crippen LogP contribution in [-0.2, 0) is 13.2 Å². The lowest BCUT2D eigenvalue weighted by atomic mass is 10.1. The van der Waals surface area contributed by atoms with Crippen LogP contribution < -0.4 is 5.32 Å². The van der Waals surface area contributed by atoms with Gasteiger partial charge in [-0.25, -0.2) is 0 Å². The Morgan fingerprint density at radius 3 is 2.37 bits per heavy atom. The van der Waals surface area contributed by atoms with Crippen molar-refractivity contribution in [3.05, 3.63) is 35.4 Å². The van der Waals surface area contributed by atoms with Crippen LogP contribution in [0.3, 0.4) is 0 Å². The number of rotatable bonds is 7. The Labute approximate surface area is 115 Å². The second-order valence-electron chi connectivity index (χ2n) is 5.27. The monoisotopic (exact) mass is 264 g/mol. The van der Waals surface area contributed by atoms with Crippen molar-refractivity contribution in [3.8, 4) is 0 Å². The Morgan fingerprint density at radius 1 is 1.11 bits per heavy atom. The van der Waals surface area contributed by atoms with Crippen LogP contribution >= 0.6 is 0 Å². The van der Waals surface area contributed by atoms with E-state index in [1.165, 1.54) is 18.4 Å². The van der Waals surface area contributed by atoms with E-state index >= 15 is 0 Å². The second-order valence-corrected chi connectivity index (χ2v) is 5.27. The molecule has 0 spiro atoms. The zero-order valence-corrected chi connectivity index (χ0v) is 11.4. The van der Waals surface area contributed by atoms with Crippen LogP contribution in [0.25, 0.3) is 0 Å². The van der Waals surface area contributed by atoms with Crippen molar-refractivity contribution in [2.75, 3.05) is 26.2 Å². The molecule has 1 unspecified atom stereocenters. The number of hydrogen-bond donors (Lipinski definition) is 3. The van der Waals surface area contributed by atoms with Gasteiger partial charge in [0.15, 0.2) is 0 Å². The molecule has 0 aliphatic carbocycles. The molecule has 1 fully saturated rings. The van der Waals surface area contributed by atoms with E-state index in [4.69, 9.17) is 5.11 Å². The minimum absolute atomic E-state index is 0.0856. The molecule has 4 heteroatoms. The highest BCUT2D eigenvalue weighted by molar-refractivity contribution is 5.21. The third-order valence-corrected chi connectivity index (χ3v) is 3.58. The fraction of sp³-hybridized carbons (Fsp3) is 0.600. The van der Waals surface area contributed by atoms with Gasteiger partial charge >= 0.3 is 0 Å². The van der Waals surface area contributed by atoms with E-state index in [0.29, 0.717) is 6.54 Å². The van der Waals surface area contributed by atoms with Gasteiger partial charge in [-0.1, -0.05) is 24.3 Å². The Morgan fingerprint density at radius 2 is 1.74 bits per heavy atom. The van der Waals surface area contributed by atoms with Crippen LogP contribution in [0.2, 0.25) is 0 Å². The minimum atomic E-state index is -0.296. The molecule has 2 rings (SSSR count). The van der Waals surface area contributed by atoms with Gasteiger partial charge in [0.05, 0.1) is 12.7 Å². The van der Waals surface area contributed by atoms with Gasteiger partial charge in [-0.05, 0) is 37.1 Å². The number of hydrogen-bond acceptors (Lipinski definition) is 4. The van der Waals surface area contributed by atoms with Gasteiger partial charge in [0.2, 0.25) is 0 Å². The molecule has 4 nitrogen and oxygen atoms in total. The summed E-state index contributed by atoms with van der Waals surface area (Å²) in [6.07, 6.45) is 2.23. The van der Waals surface area contributed by atoms with Crippen molar-refractivity contribution in [3.63, 3.8) is 0 Å². The van der Waals surface area contributed by atoms with Crippen molar-refractivity contribution in [2.45, 2.75) is 32.1 Å². The maximum Gasteiger partial charge on any atom is 0.0791 e. The van der Waals surface area contributed by atoms with E-state index < -0.39 is 0 Å². The Kier molecular flexibility index (Phi) is 5.79. The SMILES string of the molecule is OCc1ccc(CNCC(O)CN2CCCC2)cc1. The minimum Gasteiger partial charge on any atom is -0.392 e. The van der Waals surface area contributed by atoms with Gasteiger partial charge in [-0.3, -0.25) is 0 Å². The molecule has 19 heavy (non-hydrogen) atoms. The topological polar surface area (TPSA) is 55.7 Å². The van der Waals surface area contributed by atoms with E-state index in [2.05, 4.69) is 10.2 Å². The predicted molar refractivity (Wildman–Crippen MR) is 75.8 cm³/mol. The third-order valence-electron chi connectivity index (χ3n) is 3.58. The molecule has 106 valence electrons. The Balaban J connectivity index is 1.64. The van der Waals surface area contributed by atoms with Crippen LogP contribution in [0.5, 0.6) is 0 Å². The molecule has 1 aromatic carbocycles. The van der Waals surface area contributed by atoms with Crippen molar-refractivity contribution >= 4 is 0 Å². The first-order chi connectivity index (χ1) is 9.28. The number of nitrogens with zero attached hydrogens (tertiary/aromatic N) is 1. The van der Waals surface area contributed by atoms with Gasteiger partial charge < -0.3 is 20.4 Å². The zero-order chi connectivity index (χ0) is 13.5. The Bertz CT molecular complexity index is 361. The van der Waals surface area contributed by atoms with Crippen LogP contribution in [0, 0.1) is 0 Å². The fourth-order valence-corrected chi connectivity index (χ4v) is 2.47. The van der Waals surface area contributed by atoms with Gasteiger partial charge in [0.1, 0.15) is 0 Å². The molecule has 0 radical (unpaired) electrons. The summed E-state index contributed by atoms with van der Waals surface area (Å²) in [6.45, 7) is 4.49. The van der Waals surface area contributed by atoms with E-state index in [0.717, 1.165) is 31.7 Å². The molecule has 1 aromatic rings. The average Bonchev–Trinajstić information content (AvgIpc) is 2.92. The summed E-state index contributed by atoms with van der Waals surface area (Å²) in [6, 6.07) is 7.87. The van der Waals surface area contributed by atoms with Crippen molar-refractivity contribution in [1.82, 2.24) is 10.2 Å². The third kappa shape index (κ3) is 4.91. The summed E-state index contributed by atoms with van der Waals surface area (Å²) in [5.41, 5.74) is 2.10. The van der Waals surface area contributed by atoms with Crippen molar-refractivity contribution in [2.24, 2.45) is 0 Å². The smallest absolute Gasteiger partial charge is 0.0791 e. The largest absolute Gasteiger partial charge is 0.392 e. The summed E-state index contributed by atoms with van der Waals surface area (Å²) in [4.78, 5) is 2.32. The quantitative estimate of drug-likeness (QED) is 0.679. The molecule has 0 aromatic heterocycles. The lowest BCUT2D eigenvalue weighted by molar-refractivity contribution is 0.123. The van der Waals surface area contributed by atoms with Gasteiger partial charge in [-0.15, -0.1) is 0 Å². The first-order valence-electron chi connectivity index (χ1n) is 7.08.